The molecule has 3 rings (SSSR count). The number of aryl methyl sites for hydroxylation is 1. The van der Waals surface area contributed by atoms with Crippen LogP contribution >= 0.6 is 0 Å². The van der Waals surface area contributed by atoms with Gasteiger partial charge in [0.25, 0.3) is 5.91 Å². The molecule has 1 saturated heterocycles. The van der Waals surface area contributed by atoms with E-state index in [1.54, 1.807) is 30.5 Å². The van der Waals surface area contributed by atoms with Gasteiger partial charge in [-0.05, 0) is 6.92 Å². The second-order valence-corrected chi connectivity index (χ2v) is 4.79. The number of carbonyl (C=O) groups is 1. The Morgan fingerprint density at radius 2 is 2.00 bits per heavy atom. The summed E-state index contributed by atoms with van der Waals surface area (Å²) in [4.78, 5) is 18.7. The molecule has 1 fully saturated rings. The fourth-order valence-corrected chi connectivity index (χ4v) is 2.39. The largest absolute Gasteiger partial charge is 0.496 e. The molecule has 0 unspecified atom stereocenters. The van der Waals surface area contributed by atoms with E-state index < -0.39 is 0 Å². The Hall–Kier alpha value is -2.08. The fraction of sp³-hybridized carbons (Fsp3) is 0.500. The third kappa shape index (κ3) is 3.06. The van der Waals surface area contributed by atoms with Gasteiger partial charge in [-0.2, -0.15) is 0 Å². The second kappa shape index (κ2) is 7.26. The van der Waals surface area contributed by atoms with Gasteiger partial charge in [0.2, 0.25) is 0 Å². The zero-order valence-corrected chi connectivity index (χ0v) is 13.6. The van der Waals surface area contributed by atoms with Crippen LogP contribution in [0, 0.1) is 6.92 Å². The smallest absolute Gasteiger partial charge is 0.259 e. The quantitative estimate of drug-likeness (QED) is 0.853. The lowest BCUT2D eigenvalue weighted by molar-refractivity contribution is 0.0300. The Balaban J connectivity index is 0.000000847. The van der Waals surface area contributed by atoms with Crippen molar-refractivity contribution in [1.82, 2.24) is 14.3 Å². The number of ether oxygens (including phenoxy) is 2. The molecule has 1 aliphatic rings. The van der Waals surface area contributed by atoms with E-state index in [9.17, 15) is 4.79 Å². The molecule has 0 aromatic carbocycles. The molecule has 120 valence electrons. The molecule has 3 heterocycles. The number of methoxy groups -OCH3 is 1. The highest BCUT2D eigenvalue weighted by atomic mass is 16.5. The monoisotopic (exact) mass is 305 g/mol. The average Bonchev–Trinajstić information content (AvgIpc) is 2.96. The van der Waals surface area contributed by atoms with Crippen LogP contribution in [0.5, 0.6) is 5.75 Å². The summed E-state index contributed by atoms with van der Waals surface area (Å²) in [6.45, 7) is 8.35. The number of morpholine rings is 1. The third-order valence-electron chi connectivity index (χ3n) is 3.54. The molecule has 6 nitrogen and oxygen atoms in total. The number of aromatic nitrogens is 2. The summed E-state index contributed by atoms with van der Waals surface area (Å²) in [7, 11) is 1.57. The van der Waals surface area contributed by atoms with Gasteiger partial charge in [-0.1, -0.05) is 13.8 Å². The number of imidazole rings is 1. The predicted octanol–water partition coefficient (Wildman–Crippen LogP) is 2.15. The highest BCUT2D eigenvalue weighted by molar-refractivity contribution is 5.97. The maximum atomic E-state index is 12.6. The van der Waals surface area contributed by atoms with Crippen LogP contribution in [0.2, 0.25) is 0 Å². The number of hydrogen-bond donors (Lipinski definition) is 0. The van der Waals surface area contributed by atoms with Crippen LogP contribution in [0.25, 0.3) is 5.65 Å². The minimum Gasteiger partial charge on any atom is -0.496 e. The Morgan fingerprint density at radius 1 is 1.32 bits per heavy atom. The summed E-state index contributed by atoms with van der Waals surface area (Å²) < 4.78 is 12.5. The SMILES string of the molecule is CC.COc1cc2ncc(C)n2cc1C(=O)N1CCOCC1. The topological polar surface area (TPSA) is 56.1 Å². The number of amides is 1. The van der Waals surface area contributed by atoms with Gasteiger partial charge in [-0.25, -0.2) is 4.98 Å². The molecule has 22 heavy (non-hydrogen) atoms. The van der Waals surface area contributed by atoms with E-state index in [2.05, 4.69) is 4.98 Å². The molecule has 0 spiro atoms. The number of nitrogens with zero attached hydrogens (tertiary/aromatic N) is 3. The Morgan fingerprint density at radius 3 is 2.64 bits per heavy atom. The molecule has 0 saturated carbocycles. The van der Waals surface area contributed by atoms with Crippen LogP contribution in [0.15, 0.2) is 18.5 Å². The van der Waals surface area contributed by atoms with Crippen molar-refractivity contribution in [2.45, 2.75) is 20.8 Å². The van der Waals surface area contributed by atoms with Gasteiger partial charge in [0.1, 0.15) is 11.4 Å². The van der Waals surface area contributed by atoms with E-state index in [1.165, 1.54) is 0 Å². The van der Waals surface area contributed by atoms with E-state index in [0.29, 0.717) is 37.6 Å². The minimum absolute atomic E-state index is 0.0276. The lowest BCUT2D eigenvalue weighted by atomic mass is 10.2. The molecule has 0 aliphatic carbocycles. The lowest BCUT2D eigenvalue weighted by Crippen LogP contribution is -2.40. The molecule has 2 aromatic heterocycles. The van der Waals surface area contributed by atoms with Gasteiger partial charge in [0.15, 0.2) is 0 Å². The van der Waals surface area contributed by atoms with Gasteiger partial charge >= 0.3 is 0 Å². The van der Waals surface area contributed by atoms with Crippen LogP contribution in [-0.2, 0) is 4.74 Å². The first-order valence-electron chi connectivity index (χ1n) is 7.59. The zero-order valence-electron chi connectivity index (χ0n) is 13.6. The number of fused-ring (bicyclic) bond motifs is 1. The van der Waals surface area contributed by atoms with Crippen LogP contribution in [0.4, 0.5) is 0 Å². The molecular formula is C16H23N3O3. The number of rotatable bonds is 2. The summed E-state index contributed by atoms with van der Waals surface area (Å²) in [6.07, 6.45) is 3.58. The molecule has 0 N–H and O–H groups in total. The first-order chi connectivity index (χ1) is 10.7. The fourth-order valence-electron chi connectivity index (χ4n) is 2.39. The molecule has 0 atom stereocenters. The van der Waals surface area contributed by atoms with Crippen LogP contribution in [0.3, 0.4) is 0 Å². The summed E-state index contributed by atoms with van der Waals surface area (Å²) in [6, 6.07) is 1.79. The number of carbonyl (C=O) groups excluding carboxylic acids is 1. The average molecular weight is 305 g/mol. The van der Waals surface area contributed by atoms with E-state index in [-0.39, 0.29) is 5.91 Å². The zero-order chi connectivity index (χ0) is 16.1. The standard InChI is InChI=1S/C14H17N3O3.C2H6/c1-10-8-15-13-7-12(19-2)11(9-17(10)13)14(18)16-3-5-20-6-4-16;1-2/h7-9H,3-6H2,1-2H3;1-2H3. The van der Waals surface area contributed by atoms with Gasteiger partial charge in [-0.3, -0.25) is 4.79 Å². The molecule has 1 amide bonds. The van der Waals surface area contributed by atoms with Crippen molar-refractivity contribution in [2.24, 2.45) is 0 Å². The van der Waals surface area contributed by atoms with Crippen molar-refractivity contribution in [1.29, 1.82) is 0 Å². The van der Waals surface area contributed by atoms with E-state index >= 15 is 0 Å². The number of hydrogen-bond acceptors (Lipinski definition) is 4. The van der Waals surface area contributed by atoms with E-state index in [4.69, 9.17) is 9.47 Å². The van der Waals surface area contributed by atoms with Crippen molar-refractivity contribution in [3.8, 4) is 5.75 Å². The second-order valence-electron chi connectivity index (χ2n) is 4.79. The van der Waals surface area contributed by atoms with Crippen molar-refractivity contribution >= 4 is 11.6 Å². The Labute approximate surface area is 130 Å². The first kappa shape index (κ1) is 16.3. The van der Waals surface area contributed by atoms with Gasteiger partial charge in [-0.15, -0.1) is 0 Å². The third-order valence-corrected chi connectivity index (χ3v) is 3.54. The maximum absolute atomic E-state index is 12.6. The Kier molecular flexibility index (Phi) is 5.38. The van der Waals surface area contributed by atoms with E-state index in [1.807, 2.05) is 25.2 Å². The predicted molar refractivity (Wildman–Crippen MR) is 84.6 cm³/mol. The van der Waals surface area contributed by atoms with Gasteiger partial charge < -0.3 is 18.8 Å². The number of pyridine rings is 1. The Bertz CT molecular complexity index is 645. The highest BCUT2D eigenvalue weighted by Crippen LogP contribution is 2.23. The molecule has 0 bridgehead atoms. The summed E-state index contributed by atoms with van der Waals surface area (Å²) >= 11 is 0. The molecule has 2 aromatic rings. The summed E-state index contributed by atoms with van der Waals surface area (Å²) in [5, 5.41) is 0. The lowest BCUT2D eigenvalue weighted by Gasteiger charge is -2.27. The molecular weight excluding hydrogens is 282 g/mol. The summed E-state index contributed by atoms with van der Waals surface area (Å²) in [5.74, 6) is 0.528. The van der Waals surface area contributed by atoms with Crippen molar-refractivity contribution in [2.75, 3.05) is 33.4 Å². The van der Waals surface area contributed by atoms with Crippen LogP contribution < -0.4 is 4.74 Å². The molecule has 0 radical (unpaired) electrons. The van der Waals surface area contributed by atoms with Crippen molar-refractivity contribution in [3.05, 3.63) is 29.7 Å². The van der Waals surface area contributed by atoms with Gasteiger partial charge in [0, 0.05) is 37.2 Å². The molecule has 1 aliphatic heterocycles. The van der Waals surface area contributed by atoms with Crippen LogP contribution in [0.1, 0.15) is 29.9 Å². The first-order valence-corrected chi connectivity index (χ1v) is 7.59. The van der Waals surface area contributed by atoms with E-state index in [0.717, 1.165) is 11.3 Å². The van der Waals surface area contributed by atoms with Crippen LogP contribution in [-0.4, -0.2) is 53.6 Å². The van der Waals surface area contributed by atoms with Crippen molar-refractivity contribution in [3.63, 3.8) is 0 Å². The summed E-state index contributed by atoms with van der Waals surface area (Å²) in [5.41, 5.74) is 2.32. The van der Waals surface area contributed by atoms with Gasteiger partial charge in [0.05, 0.1) is 25.9 Å². The maximum Gasteiger partial charge on any atom is 0.259 e. The highest BCUT2D eigenvalue weighted by Gasteiger charge is 2.22. The normalized spacial score (nSPS) is 14.5. The minimum atomic E-state index is -0.0276. The molecule has 6 heteroatoms. The van der Waals surface area contributed by atoms with Crippen molar-refractivity contribution < 1.29 is 14.3 Å².